The summed E-state index contributed by atoms with van der Waals surface area (Å²) in [7, 11) is 3.49. The maximum absolute atomic E-state index is 13.4. The first kappa shape index (κ1) is 17.3. The molecule has 0 bridgehead atoms. The first-order chi connectivity index (χ1) is 13.1. The van der Waals surface area contributed by atoms with E-state index < -0.39 is 0 Å². The maximum atomic E-state index is 13.4. The van der Waals surface area contributed by atoms with Gasteiger partial charge in [-0.1, -0.05) is 18.2 Å². The van der Waals surface area contributed by atoms with E-state index in [2.05, 4.69) is 15.0 Å². The summed E-state index contributed by atoms with van der Waals surface area (Å²) in [6.45, 7) is 1.77. The van der Waals surface area contributed by atoms with Gasteiger partial charge in [-0.3, -0.25) is 14.3 Å². The lowest BCUT2D eigenvalue weighted by Gasteiger charge is -2.23. The van der Waals surface area contributed by atoms with Crippen molar-refractivity contribution in [2.24, 2.45) is 13.0 Å². The van der Waals surface area contributed by atoms with Gasteiger partial charge in [0.2, 0.25) is 5.91 Å². The Morgan fingerprint density at radius 2 is 2.00 bits per heavy atom. The van der Waals surface area contributed by atoms with E-state index in [1.54, 1.807) is 11.7 Å². The summed E-state index contributed by atoms with van der Waals surface area (Å²) in [5, 5.41) is 8.02. The quantitative estimate of drug-likeness (QED) is 0.769. The normalized spacial score (nSPS) is 16.8. The molecule has 1 aliphatic rings. The lowest BCUT2D eigenvalue weighted by atomic mass is 10.0. The Bertz CT molecular complexity index is 1000. The lowest BCUT2D eigenvalue weighted by molar-refractivity contribution is -0.121. The first-order valence-electron chi connectivity index (χ1n) is 9.12. The second kappa shape index (κ2) is 6.90. The van der Waals surface area contributed by atoms with E-state index >= 15 is 0 Å². The number of benzene rings is 1. The molecular weight excluding hydrogens is 342 g/mol. The van der Waals surface area contributed by atoms with Gasteiger partial charge in [0.25, 0.3) is 5.91 Å². The highest BCUT2D eigenvalue weighted by molar-refractivity contribution is 6.04. The van der Waals surface area contributed by atoms with E-state index in [4.69, 9.17) is 0 Å². The van der Waals surface area contributed by atoms with Crippen LogP contribution in [-0.2, 0) is 24.9 Å². The fourth-order valence-electron chi connectivity index (χ4n) is 3.85. The van der Waals surface area contributed by atoms with E-state index in [-0.39, 0.29) is 17.7 Å². The largest absolute Gasteiger partial charge is 0.359 e. The minimum atomic E-state index is -0.0941. The van der Waals surface area contributed by atoms with Crippen molar-refractivity contribution in [2.75, 3.05) is 13.6 Å². The van der Waals surface area contributed by atoms with Crippen molar-refractivity contribution in [3.05, 3.63) is 54.0 Å². The molecule has 2 aromatic heterocycles. The van der Waals surface area contributed by atoms with Gasteiger partial charge in [0, 0.05) is 56.8 Å². The molecule has 0 radical (unpaired) electrons. The fourth-order valence-corrected chi connectivity index (χ4v) is 3.85. The third kappa shape index (κ3) is 3.20. The van der Waals surface area contributed by atoms with E-state index in [9.17, 15) is 9.59 Å². The molecule has 7 heteroatoms. The van der Waals surface area contributed by atoms with Gasteiger partial charge in [-0.05, 0) is 18.2 Å². The number of rotatable bonds is 3. The third-order valence-corrected chi connectivity index (χ3v) is 5.21. The van der Waals surface area contributed by atoms with Crippen LogP contribution in [0.4, 0.5) is 0 Å². The number of nitrogens with zero attached hydrogens (tertiary/aromatic N) is 4. The van der Waals surface area contributed by atoms with E-state index in [1.807, 2.05) is 54.5 Å². The highest BCUT2D eigenvalue weighted by Crippen LogP contribution is 2.24. The molecule has 4 rings (SSSR count). The molecule has 1 N–H and O–H groups in total. The van der Waals surface area contributed by atoms with E-state index in [0.717, 1.165) is 23.1 Å². The highest BCUT2D eigenvalue weighted by atomic mass is 16.2. The Morgan fingerprint density at radius 1 is 1.19 bits per heavy atom. The molecule has 0 saturated carbocycles. The topological polar surface area (TPSA) is 72.2 Å². The van der Waals surface area contributed by atoms with Crippen molar-refractivity contribution in [1.82, 2.24) is 24.6 Å². The van der Waals surface area contributed by atoms with Crippen molar-refractivity contribution in [3.8, 4) is 0 Å². The Hall–Kier alpha value is -3.09. The number of carbonyl (C=O) groups is 2. The molecule has 27 heavy (non-hydrogen) atoms. The molecule has 1 aliphatic heterocycles. The monoisotopic (exact) mass is 365 g/mol. The molecule has 7 nitrogen and oxygen atoms in total. The van der Waals surface area contributed by atoms with Crippen LogP contribution in [-0.4, -0.2) is 44.7 Å². The van der Waals surface area contributed by atoms with Gasteiger partial charge in [-0.25, -0.2) is 0 Å². The van der Waals surface area contributed by atoms with Crippen LogP contribution in [0.2, 0.25) is 0 Å². The average molecular weight is 365 g/mol. The van der Waals surface area contributed by atoms with Gasteiger partial charge >= 0.3 is 0 Å². The molecule has 1 aromatic carbocycles. The van der Waals surface area contributed by atoms with Gasteiger partial charge in [0.05, 0.1) is 12.1 Å². The molecule has 140 valence electrons. The third-order valence-electron chi connectivity index (χ3n) is 5.21. The number of para-hydroxylation sites is 1. The molecule has 2 amide bonds. The summed E-state index contributed by atoms with van der Waals surface area (Å²) >= 11 is 0. The predicted molar refractivity (Wildman–Crippen MR) is 102 cm³/mol. The minimum Gasteiger partial charge on any atom is -0.359 e. The number of aryl methyl sites for hydroxylation is 1. The highest BCUT2D eigenvalue weighted by Gasteiger charge is 2.29. The smallest absolute Gasteiger partial charge is 0.275 e. The molecular formula is C20H23N5O2. The second-order valence-corrected chi connectivity index (χ2v) is 7.07. The lowest BCUT2D eigenvalue weighted by Crippen LogP contribution is -2.36. The predicted octanol–water partition coefficient (Wildman–Crippen LogP) is 1.78. The number of carbonyl (C=O) groups excluding carboxylic acids is 2. The number of hydrogen-bond acceptors (Lipinski definition) is 3. The van der Waals surface area contributed by atoms with Gasteiger partial charge < -0.3 is 14.8 Å². The van der Waals surface area contributed by atoms with Gasteiger partial charge in [0.15, 0.2) is 5.69 Å². The molecule has 0 spiro atoms. The summed E-state index contributed by atoms with van der Waals surface area (Å²) < 4.78 is 3.88. The maximum Gasteiger partial charge on any atom is 0.275 e. The van der Waals surface area contributed by atoms with Crippen molar-refractivity contribution in [1.29, 1.82) is 0 Å². The Balaban J connectivity index is 1.68. The number of aromatic nitrogens is 3. The molecule has 0 saturated heterocycles. The van der Waals surface area contributed by atoms with Crippen molar-refractivity contribution in [3.63, 3.8) is 0 Å². The molecule has 0 fully saturated rings. The average Bonchev–Trinajstić information content (AvgIpc) is 3.20. The number of amides is 2. The Labute approximate surface area is 157 Å². The van der Waals surface area contributed by atoms with Gasteiger partial charge in [0.1, 0.15) is 0 Å². The standard InChI is InChI=1S/C20H23N5O2/c1-21-18(26)10-14-11-24-9-5-6-15(24)13-25(12-14)20(27)19-16-7-3-4-8-17(16)23(2)22-19/h3-9,14H,10-13H2,1-2H3,(H,21,26)/t14-/m1/s1. The molecule has 0 aliphatic carbocycles. The number of hydrogen-bond donors (Lipinski definition) is 1. The van der Waals surface area contributed by atoms with Crippen molar-refractivity contribution >= 4 is 22.7 Å². The summed E-state index contributed by atoms with van der Waals surface area (Å²) in [5.41, 5.74) is 2.47. The molecule has 0 unspecified atom stereocenters. The van der Waals surface area contributed by atoms with Gasteiger partial charge in [-0.15, -0.1) is 0 Å². The zero-order chi connectivity index (χ0) is 19.0. The van der Waals surface area contributed by atoms with Crippen LogP contribution in [0, 0.1) is 5.92 Å². The minimum absolute atomic E-state index is 0.00806. The van der Waals surface area contributed by atoms with Crippen molar-refractivity contribution in [2.45, 2.75) is 19.5 Å². The van der Waals surface area contributed by atoms with Crippen LogP contribution in [0.15, 0.2) is 42.6 Å². The van der Waals surface area contributed by atoms with Crippen LogP contribution in [0.25, 0.3) is 10.9 Å². The summed E-state index contributed by atoms with van der Waals surface area (Å²) in [6.07, 6.45) is 2.40. The molecule has 3 aromatic rings. The van der Waals surface area contributed by atoms with Crippen LogP contribution in [0.5, 0.6) is 0 Å². The molecule has 3 heterocycles. The molecule has 1 atom stereocenters. The number of nitrogens with one attached hydrogen (secondary N) is 1. The van der Waals surface area contributed by atoms with Crippen LogP contribution < -0.4 is 5.32 Å². The second-order valence-electron chi connectivity index (χ2n) is 7.07. The van der Waals surface area contributed by atoms with Crippen molar-refractivity contribution < 1.29 is 9.59 Å². The first-order valence-corrected chi connectivity index (χ1v) is 9.12. The van der Waals surface area contributed by atoms with E-state index in [0.29, 0.717) is 25.2 Å². The summed E-state index contributed by atoms with van der Waals surface area (Å²) in [6, 6.07) is 11.8. The van der Waals surface area contributed by atoms with Gasteiger partial charge in [-0.2, -0.15) is 5.10 Å². The van der Waals surface area contributed by atoms with Crippen LogP contribution in [0.3, 0.4) is 0 Å². The Kier molecular flexibility index (Phi) is 4.43. The van der Waals surface area contributed by atoms with Crippen LogP contribution in [0.1, 0.15) is 22.6 Å². The zero-order valence-electron chi connectivity index (χ0n) is 15.6. The SMILES string of the molecule is CNC(=O)C[C@H]1CN(C(=O)c2nn(C)c3ccccc23)Cc2cccn2C1. The zero-order valence-corrected chi connectivity index (χ0v) is 15.6. The fraction of sp³-hybridized carbons (Fsp3) is 0.350. The van der Waals surface area contributed by atoms with Crippen LogP contribution >= 0.6 is 0 Å². The Morgan fingerprint density at radius 3 is 2.81 bits per heavy atom. The van der Waals surface area contributed by atoms with E-state index in [1.165, 1.54) is 0 Å². The summed E-state index contributed by atoms with van der Waals surface area (Å²) in [5.74, 6) is -0.0489. The summed E-state index contributed by atoms with van der Waals surface area (Å²) in [4.78, 5) is 27.1. The number of fused-ring (bicyclic) bond motifs is 2.